The molecule has 1 aromatic carbocycles. The van der Waals surface area contributed by atoms with Crippen molar-refractivity contribution in [3.63, 3.8) is 0 Å². The Labute approximate surface area is 231 Å². The minimum atomic E-state index is -0.810. The second-order valence-corrected chi connectivity index (χ2v) is 11.6. The molecular weight excluding hydrogens is 478 g/mol. The summed E-state index contributed by atoms with van der Waals surface area (Å²) in [5.74, 6) is -0.599. The lowest BCUT2D eigenvalue weighted by Crippen LogP contribution is -2.55. The molecule has 216 valence electrons. The van der Waals surface area contributed by atoms with Crippen molar-refractivity contribution in [2.24, 2.45) is 5.92 Å². The number of carbonyl (C=O) groups is 3. The third-order valence-electron chi connectivity index (χ3n) is 6.75. The van der Waals surface area contributed by atoms with Crippen molar-refractivity contribution in [3.05, 3.63) is 35.4 Å². The lowest BCUT2D eigenvalue weighted by atomic mass is 9.95. The van der Waals surface area contributed by atoms with Crippen molar-refractivity contribution in [2.45, 2.75) is 131 Å². The van der Waals surface area contributed by atoms with Gasteiger partial charge in [0, 0.05) is 12.6 Å². The van der Waals surface area contributed by atoms with E-state index in [4.69, 9.17) is 4.74 Å². The molecule has 0 heterocycles. The van der Waals surface area contributed by atoms with Gasteiger partial charge in [-0.3, -0.25) is 9.59 Å². The Bertz CT molecular complexity index is 863. The Morgan fingerprint density at radius 1 is 0.921 bits per heavy atom. The van der Waals surface area contributed by atoms with Crippen molar-refractivity contribution in [1.82, 2.24) is 15.5 Å². The molecule has 0 aliphatic heterocycles. The van der Waals surface area contributed by atoms with Gasteiger partial charge in [0.25, 0.3) is 0 Å². The van der Waals surface area contributed by atoms with Crippen LogP contribution in [0.4, 0.5) is 4.79 Å². The number of ether oxygens (including phenoxy) is 1. The molecule has 3 amide bonds. The van der Waals surface area contributed by atoms with Gasteiger partial charge >= 0.3 is 6.09 Å². The number of hydrogen-bond donors (Lipinski definition) is 2. The van der Waals surface area contributed by atoms with Crippen LogP contribution in [0.3, 0.4) is 0 Å². The van der Waals surface area contributed by atoms with Gasteiger partial charge in [-0.1, -0.05) is 89.6 Å². The molecule has 0 aliphatic rings. The zero-order chi connectivity index (χ0) is 28.9. The Balaban J connectivity index is 3.50. The van der Waals surface area contributed by atoms with Crippen LogP contribution in [-0.2, 0) is 14.3 Å². The number of aryl methyl sites for hydroxylation is 1. The van der Waals surface area contributed by atoms with E-state index in [1.54, 1.807) is 25.7 Å². The van der Waals surface area contributed by atoms with Gasteiger partial charge in [-0.05, 0) is 58.9 Å². The summed E-state index contributed by atoms with van der Waals surface area (Å²) in [6.07, 6.45) is 5.72. The molecule has 0 bridgehead atoms. The Morgan fingerprint density at radius 2 is 1.55 bits per heavy atom. The molecule has 2 N–H and O–H groups in total. The van der Waals surface area contributed by atoms with Gasteiger partial charge in [-0.2, -0.15) is 0 Å². The molecule has 0 saturated heterocycles. The van der Waals surface area contributed by atoms with E-state index in [1.165, 1.54) is 0 Å². The minimum absolute atomic E-state index is 0.0113. The lowest BCUT2D eigenvalue weighted by Gasteiger charge is -2.36. The topological polar surface area (TPSA) is 87.7 Å². The average Bonchev–Trinajstić information content (AvgIpc) is 2.83. The van der Waals surface area contributed by atoms with E-state index in [1.807, 2.05) is 52.0 Å². The molecule has 0 saturated carbocycles. The van der Waals surface area contributed by atoms with Crippen LogP contribution >= 0.6 is 0 Å². The molecule has 7 heteroatoms. The number of benzene rings is 1. The standard InChI is InChI=1S/C31H53N3O4/c1-10-13-14-15-21-34(29(36)26(23(5)12-3)33-30(37)38-31(7,8)9)27(25-19-17-22(4)18-20-25)28(35)32-24(6)16-11-2/h17-20,23-24,26-27H,10-16,21H2,1-9H3,(H,32,35)(H,33,37). The van der Waals surface area contributed by atoms with Gasteiger partial charge in [-0.15, -0.1) is 0 Å². The fraction of sp³-hybridized carbons (Fsp3) is 0.710. The van der Waals surface area contributed by atoms with Gasteiger partial charge in [0.05, 0.1) is 0 Å². The molecule has 0 aromatic heterocycles. The smallest absolute Gasteiger partial charge is 0.408 e. The molecule has 4 atom stereocenters. The number of nitrogens with one attached hydrogen (secondary N) is 2. The van der Waals surface area contributed by atoms with Crippen LogP contribution in [0.2, 0.25) is 0 Å². The first kappa shape index (κ1) is 33.5. The average molecular weight is 532 g/mol. The van der Waals surface area contributed by atoms with E-state index in [0.29, 0.717) is 13.0 Å². The lowest BCUT2D eigenvalue weighted by molar-refractivity contribution is -0.143. The van der Waals surface area contributed by atoms with Crippen LogP contribution < -0.4 is 10.6 Å². The van der Waals surface area contributed by atoms with E-state index < -0.39 is 23.8 Å². The molecule has 4 unspecified atom stereocenters. The first-order chi connectivity index (χ1) is 17.8. The summed E-state index contributed by atoms with van der Waals surface area (Å²) in [5, 5.41) is 5.98. The highest BCUT2D eigenvalue weighted by Crippen LogP contribution is 2.26. The maximum absolute atomic E-state index is 14.3. The fourth-order valence-electron chi connectivity index (χ4n) is 4.42. The number of nitrogens with zero attached hydrogens (tertiary/aromatic N) is 1. The van der Waals surface area contributed by atoms with Crippen molar-refractivity contribution in [3.8, 4) is 0 Å². The molecule has 38 heavy (non-hydrogen) atoms. The fourth-order valence-corrected chi connectivity index (χ4v) is 4.42. The van der Waals surface area contributed by atoms with Crippen molar-refractivity contribution in [1.29, 1.82) is 0 Å². The highest BCUT2D eigenvalue weighted by molar-refractivity contribution is 5.92. The third-order valence-corrected chi connectivity index (χ3v) is 6.75. The molecule has 1 aromatic rings. The van der Waals surface area contributed by atoms with Gasteiger partial charge in [0.1, 0.15) is 17.7 Å². The summed E-state index contributed by atoms with van der Waals surface area (Å²) in [7, 11) is 0. The molecule has 7 nitrogen and oxygen atoms in total. The number of unbranched alkanes of at least 4 members (excludes halogenated alkanes) is 3. The second-order valence-electron chi connectivity index (χ2n) is 11.6. The SMILES string of the molecule is CCCCCCN(C(=O)C(NC(=O)OC(C)(C)C)C(C)CC)C(C(=O)NC(C)CCC)c1ccc(C)cc1. The Morgan fingerprint density at radius 3 is 2.08 bits per heavy atom. The van der Waals surface area contributed by atoms with Crippen LogP contribution in [0.15, 0.2) is 24.3 Å². The van der Waals surface area contributed by atoms with E-state index in [2.05, 4.69) is 24.5 Å². The minimum Gasteiger partial charge on any atom is -0.444 e. The molecule has 0 spiro atoms. The Hall–Kier alpha value is -2.57. The van der Waals surface area contributed by atoms with Crippen LogP contribution in [0.25, 0.3) is 0 Å². The highest BCUT2D eigenvalue weighted by Gasteiger charge is 2.38. The highest BCUT2D eigenvalue weighted by atomic mass is 16.6. The van der Waals surface area contributed by atoms with Crippen LogP contribution in [0, 0.1) is 12.8 Å². The summed E-state index contributed by atoms with van der Waals surface area (Å²) < 4.78 is 5.49. The number of alkyl carbamates (subject to hydrolysis) is 1. The first-order valence-electron chi connectivity index (χ1n) is 14.5. The molecular formula is C31H53N3O4. The zero-order valence-corrected chi connectivity index (χ0v) is 25.4. The largest absolute Gasteiger partial charge is 0.444 e. The van der Waals surface area contributed by atoms with Gasteiger partial charge < -0.3 is 20.3 Å². The predicted octanol–water partition coefficient (Wildman–Crippen LogP) is 6.69. The summed E-state index contributed by atoms with van der Waals surface area (Å²) in [4.78, 5) is 42.5. The number of carbonyl (C=O) groups excluding carboxylic acids is 3. The van der Waals surface area contributed by atoms with E-state index in [9.17, 15) is 14.4 Å². The molecule has 0 fully saturated rings. The van der Waals surface area contributed by atoms with Crippen molar-refractivity contribution >= 4 is 17.9 Å². The van der Waals surface area contributed by atoms with Crippen LogP contribution in [-0.4, -0.2) is 47.0 Å². The first-order valence-corrected chi connectivity index (χ1v) is 14.5. The van der Waals surface area contributed by atoms with E-state index in [0.717, 1.165) is 49.7 Å². The summed E-state index contributed by atoms with van der Waals surface area (Å²) in [5.41, 5.74) is 1.16. The van der Waals surface area contributed by atoms with Crippen molar-refractivity contribution in [2.75, 3.05) is 6.54 Å². The maximum Gasteiger partial charge on any atom is 0.408 e. The predicted molar refractivity (Wildman–Crippen MR) is 155 cm³/mol. The quantitative estimate of drug-likeness (QED) is 0.247. The number of rotatable bonds is 15. The Kier molecular flexibility index (Phi) is 14.4. The van der Waals surface area contributed by atoms with Crippen LogP contribution in [0.1, 0.15) is 118 Å². The summed E-state index contributed by atoms with van der Waals surface area (Å²) in [6.45, 7) is 18.0. The maximum atomic E-state index is 14.3. The zero-order valence-electron chi connectivity index (χ0n) is 25.4. The summed E-state index contributed by atoms with van der Waals surface area (Å²) in [6, 6.07) is 6.17. The molecule has 0 radical (unpaired) electrons. The van der Waals surface area contributed by atoms with Crippen LogP contribution in [0.5, 0.6) is 0 Å². The third kappa shape index (κ3) is 11.4. The van der Waals surface area contributed by atoms with Gasteiger partial charge in [0.15, 0.2) is 0 Å². The normalized spacial score (nSPS) is 14.7. The number of amides is 3. The number of hydrogen-bond acceptors (Lipinski definition) is 4. The van der Waals surface area contributed by atoms with Gasteiger partial charge in [0.2, 0.25) is 11.8 Å². The van der Waals surface area contributed by atoms with Crippen molar-refractivity contribution < 1.29 is 19.1 Å². The molecule has 0 aliphatic carbocycles. The summed E-state index contributed by atoms with van der Waals surface area (Å²) >= 11 is 0. The van der Waals surface area contributed by atoms with E-state index >= 15 is 0 Å². The van der Waals surface area contributed by atoms with E-state index in [-0.39, 0.29) is 23.8 Å². The second kappa shape index (κ2) is 16.4. The monoisotopic (exact) mass is 531 g/mol. The van der Waals surface area contributed by atoms with Gasteiger partial charge in [-0.25, -0.2) is 4.79 Å². The molecule has 1 rings (SSSR count).